The van der Waals surface area contributed by atoms with Crippen LogP contribution in [-0.4, -0.2) is 49.5 Å². The highest BCUT2D eigenvalue weighted by Crippen LogP contribution is 2.16. The molecule has 0 spiro atoms. The summed E-state index contributed by atoms with van der Waals surface area (Å²) in [7, 11) is 0. The molecule has 4 rings (SSSR count). The number of piperidine rings is 1. The quantitative estimate of drug-likeness (QED) is 0.598. The highest BCUT2D eigenvalue weighted by Gasteiger charge is 2.18. The lowest BCUT2D eigenvalue weighted by molar-refractivity contribution is 0.0786. The molecule has 1 saturated heterocycles. The Morgan fingerprint density at radius 2 is 2.14 bits per heavy atom. The molecule has 0 aliphatic carbocycles. The van der Waals surface area contributed by atoms with Crippen LogP contribution in [0.4, 0.5) is 0 Å². The zero-order valence-electron chi connectivity index (χ0n) is 15.6. The maximum Gasteiger partial charge on any atom is 0.261 e. The van der Waals surface area contributed by atoms with Gasteiger partial charge in [-0.3, -0.25) is 18.9 Å². The standard InChI is InChI=1S/C19H23N5O3S/c1-12-9-24-11-14(22-19(24)28-12)8-20-17(26)16-3-2-13(21-18(16)27)10-23-6-4-15(25)5-7-23/h2-3,9,11,15,25H,4-8,10H2,1H3,(H,20,26)(H,21,27). The number of hydrogen-bond donors (Lipinski definition) is 3. The number of carbonyl (C=O) groups excluding carboxylic acids is 1. The average Bonchev–Trinajstić information content (AvgIpc) is 3.18. The van der Waals surface area contributed by atoms with Gasteiger partial charge in [-0.05, 0) is 31.9 Å². The van der Waals surface area contributed by atoms with Crippen LogP contribution in [0.5, 0.6) is 0 Å². The average molecular weight is 401 g/mol. The second-order valence-electron chi connectivity index (χ2n) is 7.18. The van der Waals surface area contributed by atoms with Crippen molar-refractivity contribution in [2.45, 2.75) is 39.0 Å². The largest absolute Gasteiger partial charge is 0.393 e. The number of nitrogens with one attached hydrogen (secondary N) is 2. The Kier molecular flexibility index (Phi) is 5.29. The number of aryl methyl sites for hydroxylation is 1. The van der Waals surface area contributed by atoms with E-state index < -0.39 is 11.5 Å². The van der Waals surface area contributed by atoms with E-state index in [4.69, 9.17) is 0 Å². The first-order valence-corrected chi connectivity index (χ1v) is 10.1. The lowest BCUT2D eigenvalue weighted by atomic mass is 10.1. The van der Waals surface area contributed by atoms with Crippen LogP contribution >= 0.6 is 11.3 Å². The number of pyridine rings is 1. The van der Waals surface area contributed by atoms with Gasteiger partial charge < -0.3 is 15.4 Å². The van der Waals surface area contributed by atoms with E-state index >= 15 is 0 Å². The maximum absolute atomic E-state index is 12.4. The Bertz CT molecular complexity index is 1010. The monoisotopic (exact) mass is 401 g/mol. The number of hydrogen-bond acceptors (Lipinski definition) is 6. The van der Waals surface area contributed by atoms with E-state index in [0.29, 0.717) is 6.54 Å². The van der Waals surface area contributed by atoms with Crippen molar-refractivity contribution in [1.29, 1.82) is 0 Å². The van der Waals surface area contributed by atoms with E-state index in [9.17, 15) is 14.7 Å². The van der Waals surface area contributed by atoms with Crippen LogP contribution in [0.1, 0.15) is 39.5 Å². The summed E-state index contributed by atoms with van der Waals surface area (Å²) in [5, 5.41) is 12.3. The van der Waals surface area contributed by atoms with Gasteiger partial charge in [-0.15, -0.1) is 11.3 Å². The Morgan fingerprint density at radius 3 is 2.86 bits per heavy atom. The van der Waals surface area contributed by atoms with Gasteiger partial charge in [0, 0.05) is 42.6 Å². The van der Waals surface area contributed by atoms with Crippen molar-refractivity contribution >= 4 is 22.2 Å². The molecule has 1 aliphatic heterocycles. The lowest BCUT2D eigenvalue weighted by Crippen LogP contribution is -2.36. The third kappa shape index (κ3) is 4.16. The number of aromatic nitrogens is 3. The van der Waals surface area contributed by atoms with E-state index in [1.54, 1.807) is 23.5 Å². The van der Waals surface area contributed by atoms with Gasteiger partial charge in [-0.1, -0.05) is 0 Å². The summed E-state index contributed by atoms with van der Waals surface area (Å²) >= 11 is 1.59. The SMILES string of the molecule is Cc1cn2cc(CNC(=O)c3ccc(CN4CCC(O)CC4)[nH]c3=O)nc2s1. The summed E-state index contributed by atoms with van der Waals surface area (Å²) in [6, 6.07) is 3.34. The summed E-state index contributed by atoms with van der Waals surface area (Å²) in [4.78, 5) is 36.2. The van der Waals surface area contributed by atoms with E-state index in [-0.39, 0.29) is 18.2 Å². The predicted molar refractivity (Wildman–Crippen MR) is 107 cm³/mol. The number of aromatic amines is 1. The van der Waals surface area contributed by atoms with Crippen molar-refractivity contribution in [2.75, 3.05) is 13.1 Å². The van der Waals surface area contributed by atoms with Gasteiger partial charge in [0.05, 0.1) is 18.3 Å². The van der Waals surface area contributed by atoms with Gasteiger partial charge in [0.2, 0.25) is 0 Å². The Hall–Kier alpha value is -2.49. The van der Waals surface area contributed by atoms with E-state index in [1.807, 2.05) is 23.7 Å². The number of H-pyrrole nitrogens is 1. The minimum Gasteiger partial charge on any atom is -0.393 e. The minimum atomic E-state index is -0.415. The van der Waals surface area contributed by atoms with Crippen molar-refractivity contribution in [3.05, 3.63) is 56.7 Å². The smallest absolute Gasteiger partial charge is 0.261 e. The van der Waals surface area contributed by atoms with Gasteiger partial charge >= 0.3 is 0 Å². The molecule has 0 atom stereocenters. The van der Waals surface area contributed by atoms with Gasteiger partial charge in [0.25, 0.3) is 11.5 Å². The number of amides is 1. The number of likely N-dealkylation sites (tertiary alicyclic amines) is 1. The fraction of sp³-hybridized carbons (Fsp3) is 0.421. The summed E-state index contributed by atoms with van der Waals surface area (Å²) < 4.78 is 1.93. The Balaban J connectivity index is 1.37. The van der Waals surface area contributed by atoms with Gasteiger partial charge in [0.15, 0.2) is 4.96 Å². The van der Waals surface area contributed by atoms with Gasteiger partial charge in [-0.25, -0.2) is 4.98 Å². The van der Waals surface area contributed by atoms with Crippen molar-refractivity contribution in [3.63, 3.8) is 0 Å². The molecule has 0 aromatic carbocycles. The molecular weight excluding hydrogens is 378 g/mol. The molecule has 1 aliphatic rings. The highest BCUT2D eigenvalue weighted by molar-refractivity contribution is 7.16. The number of aliphatic hydroxyl groups excluding tert-OH is 1. The van der Waals surface area contributed by atoms with Crippen LogP contribution in [-0.2, 0) is 13.1 Å². The third-order valence-electron chi connectivity index (χ3n) is 4.92. The molecule has 0 unspecified atom stereocenters. The number of rotatable bonds is 5. The number of nitrogens with zero attached hydrogens (tertiary/aromatic N) is 3. The zero-order valence-corrected chi connectivity index (χ0v) is 16.5. The molecule has 148 valence electrons. The van der Waals surface area contributed by atoms with E-state index in [1.165, 1.54) is 4.88 Å². The molecule has 9 heteroatoms. The van der Waals surface area contributed by atoms with Crippen molar-refractivity contribution in [3.8, 4) is 0 Å². The number of aliphatic hydroxyl groups is 1. The Morgan fingerprint density at radius 1 is 1.36 bits per heavy atom. The molecule has 1 amide bonds. The summed E-state index contributed by atoms with van der Waals surface area (Å²) in [5.41, 5.74) is 1.21. The van der Waals surface area contributed by atoms with E-state index in [0.717, 1.165) is 42.3 Å². The van der Waals surface area contributed by atoms with Crippen LogP contribution in [0.2, 0.25) is 0 Å². The van der Waals surface area contributed by atoms with Crippen LogP contribution in [0.15, 0.2) is 29.3 Å². The molecule has 3 aromatic rings. The topological polar surface area (TPSA) is 103 Å². The van der Waals surface area contributed by atoms with Crippen LogP contribution in [0, 0.1) is 6.92 Å². The fourth-order valence-electron chi connectivity index (χ4n) is 3.41. The van der Waals surface area contributed by atoms with Crippen LogP contribution in [0.25, 0.3) is 4.96 Å². The molecule has 8 nitrogen and oxygen atoms in total. The molecule has 28 heavy (non-hydrogen) atoms. The molecule has 1 fully saturated rings. The first-order chi connectivity index (χ1) is 13.5. The van der Waals surface area contributed by atoms with Crippen LogP contribution < -0.4 is 10.9 Å². The molecule has 4 heterocycles. The molecular formula is C19H23N5O3S. The molecule has 3 aromatic heterocycles. The molecule has 0 radical (unpaired) electrons. The minimum absolute atomic E-state index is 0.0923. The number of fused-ring (bicyclic) bond motifs is 1. The van der Waals surface area contributed by atoms with Crippen molar-refractivity contribution in [2.24, 2.45) is 0 Å². The summed E-state index contributed by atoms with van der Waals surface area (Å²) in [5.74, 6) is -0.415. The summed E-state index contributed by atoms with van der Waals surface area (Å²) in [6.45, 7) is 4.49. The normalized spacial score (nSPS) is 15.9. The van der Waals surface area contributed by atoms with E-state index in [2.05, 4.69) is 20.2 Å². The highest BCUT2D eigenvalue weighted by atomic mass is 32.1. The van der Waals surface area contributed by atoms with Crippen molar-refractivity contribution in [1.82, 2.24) is 24.6 Å². The lowest BCUT2D eigenvalue weighted by Gasteiger charge is -2.29. The first kappa shape index (κ1) is 18.9. The maximum atomic E-state index is 12.4. The van der Waals surface area contributed by atoms with Crippen molar-refractivity contribution < 1.29 is 9.90 Å². The van der Waals surface area contributed by atoms with Crippen LogP contribution in [0.3, 0.4) is 0 Å². The second kappa shape index (κ2) is 7.86. The molecule has 0 bridgehead atoms. The van der Waals surface area contributed by atoms with Gasteiger partial charge in [-0.2, -0.15) is 0 Å². The zero-order chi connectivity index (χ0) is 19.7. The molecule has 3 N–H and O–H groups in total. The fourth-order valence-corrected chi connectivity index (χ4v) is 4.24. The second-order valence-corrected chi connectivity index (χ2v) is 8.39. The number of imidazole rings is 1. The number of thiazole rings is 1. The molecule has 0 saturated carbocycles. The first-order valence-electron chi connectivity index (χ1n) is 9.33. The predicted octanol–water partition coefficient (Wildman–Crippen LogP) is 1.28. The Labute approximate surface area is 165 Å². The van der Waals surface area contributed by atoms with Gasteiger partial charge in [0.1, 0.15) is 5.56 Å². The summed E-state index contributed by atoms with van der Waals surface area (Å²) in [6.07, 6.45) is 5.13. The number of carbonyl (C=O) groups is 1. The third-order valence-corrected chi connectivity index (χ3v) is 5.83.